The molecule has 1 fully saturated rings. The number of hydrogen-bond acceptors (Lipinski definition) is 5. The quantitative estimate of drug-likeness (QED) is 0.694. The molecule has 1 aliphatic heterocycles. The summed E-state index contributed by atoms with van der Waals surface area (Å²) in [6.07, 6.45) is 1.12. The largest absolute Gasteiger partial charge is 0.326 e. The highest BCUT2D eigenvalue weighted by Gasteiger charge is 2.14. The van der Waals surface area contributed by atoms with Crippen LogP contribution in [-0.4, -0.2) is 53.9 Å². The third-order valence-electron chi connectivity index (χ3n) is 5.14. The smallest absolute Gasteiger partial charge is 0.224 e. The van der Waals surface area contributed by atoms with E-state index in [4.69, 9.17) is 0 Å². The van der Waals surface area contributed by atoms with E-state index in [1.807, 2.05) is 30.3 Å². The lowest BCUT2D eigenvalue weighted by molar-refractivity contribution is -0.116. The van der Waals surface area contributed by atoms with E-state index in [0.717, 1.165) is 48.9 Å². The number of carbonyl (C=O) groups is 1. The number of aromatic nitrogens is 1. The van der Waals surface area contributed by atoms with Gasteiger partial charge >= 0.3 is 0 Å². The molecular weight excluding hydrogens is 368 g/mol. The predicted octanol–water partition coefficient (Wildman–Crippen LogP) is 3.62. The van der Waals surface area contributed by atoms with Gasteiger partial charge in [-0.05, 0) is 36.9 Å². The summed E-state index contributed by atoms with van der Waals surface area (Å²) in [7, 11) is 2.17. The number of nitrogens with zero attached hydrogens (tertiary/aromatic N) is 3. The van der Waals surface area contributed by atoms with Gasteiger partial charge in [0.05, 0.1) is 15.2 Å². The van der Waals surface area contributed by atoms with E-state index >= 15 is 0 Å². The molecule has 1 N–H and O–H groups in total. The number of nitrogens with one attached hydrogen (secondary N) is 1. The van der Waals surface area contributed by atoms with Gasteiger partial charge in [-0.3, -0.25) is 9.69 Å². The van der Waals surface area contributed by atoms with E-state index in [2.05, 4.69) is 45.3 Å². The van der Waals surface area contributed by atoms with Crippen LogP contribution in [-0.2, 0) is 17.8 Å². The Morgan fingerprint density at radius 1 is 1.07 bits per heavy atom. The maximum absolute atomic E-state index is 12.3. The molecule has 1 amide bonds. The number of likely N-dealkylation sites (N-methyl/N-ethyl adjacent to an activating group) is 1. The van der Waals surface area contributed by atoms with Gasteiger partial charge in [0.25, 0.3) is 0 Å². The molecule has 28 heavy (non-hydrogen) atoms. The highest BCUT2D eigenvalue weighted by Crippen LogP contribution is 2.22. The number of rotatable bonds is 6. The van der Waals surface area contributed by atoms with Crippen molar-refractivity contribution in [2.24, 2.45) is 0 Å². The van der Waals surface area contributed by atoms with Crippen molar-refractivity contribution in [3.05, 3.63) is 59.1 Å². The minimum atomic E-state index is 0.0334. The van der Waals surface area contributed by atoms with Crippen molar-refractivity contribution < 1.29 is 4.79 Å². The minimum absolute atomic E-state index is 0.0334. The first-order valence-electron chi connectivity index (χ1n) is 9.80. The van der Waals surface area contributed by atoms with Gasteiger partial charge in [0.1, 0.15) is 0 Å². The van der Waals surface area contributed by atoms with Crippen molar-refractivity contribution in [2.45, 2.75) is 19.4 Å². The van der Waals surface area contributed by atoms with Crippen LogP contribution in [0.5, 0.6) is 0 Å². The Balaban J connectivity index is 1.26. The number of fused-ring (bicyclic) bond motifs is 1. The molecule has 4 rings (SSSR count). The zero-order valence-corrected chi connectivity index (χ0v) is 17.0. The zero-order valence-electron chi connectivity index (χ0n) is 16.2. The van der Waals surface area contributed by atoms with Crippen LogP contribution >= 0.6 is 11.3 Å². The van der Waals surface area contributed by atoms with E-state index in [0.29, 0.717) is 12.8 Å². The molecule has 2 heterocycles. The Bertz CT molecular complexity index is 896. The Kier molecular flexibility index (Phi) is 6.00. The van der Waals surface area contributed by atoms with Gasteiger partial charge in [0.2, 0.25) is 5.91 Å². The van der Waals surface area contributed by atoms with Gasteiger partial charge in [-0.1, -0.05) is 24.3 Å². The Morgan fingerprint density at radius 3 is 2.57 bits per heavy atom. The normalized spacial score (nSPS) is 15.8. The number of para-hydroxylation sites is 1. The van der Waals surface area contributed by atoms with Crippen LogP contribution < -0.4 is 5.32 Å². The topological polar surface area (TPSA) is 48.5 Å². The molecule has 1 aromatic heterocycles. The van der Waals surface area contributed by atoms with Gasteiger partial charge in [-0.25, -0.2) is 4.98 Å². The maximum Gasteiger partial charge on any atom is 0.224 e. The van der Waals surface area contributed by atoms with Crippen molar-refractivity contribution in [1.29, 1.82) is 0 Å². The lowest BCUT2D eigenvalue weighted by Gasteiger charge is -2.32. The van der Waals surface area contributed by atoms with Gasteiger partial charge in [-0.2, -0.15) is 0 Å². The highest BCUT2D eigenvalue weighted by atomic mass is 32.1. The first-order chi connectivity index (χ1) is 13.7. The fourth-order valence-electron chi connectivity index (χ4n) is 3.43. The molecule has 6 heteroatoms. The molecule has 0 aliphatic carbocycles. The number of aryl methyl sites for hydroxylation is 1. The summed E-state index contributed by atoms with van der Waals surface area (Å²) < 4.78 is 1.17. The summed E-state index contributed by atoms with van der Waals surface area (Å²) in [5.41, 5.74) is 3.16. The molecule has 146 valence electrons. The maximum atomic E-state index is 12.3. The number of anilines is 1. The second-order valence-corrected chi connectivity index (χ2v) is 8.52. The number of benzene rings is 2. The lowest BCUT2D eigenvalue weighted by Crippen LogP contribution is -2.43. The van der Waals surface area contributed by atoms with E-state index in [-0.39, 0.29) is 5.91 Å². The molecule has 0 bridgehead atoms. The van der Waals surface area contributed by atoms with Crippen LogP contribution in [0.4, 0.5) is 5.69 Å². The van der Waals surface area contributed by atoms with Crippen molar-refractivity contribution in [1.82, 2.24) is 14.8 Å². The number of carbonyl (C=O) groups excluding carboxylic acids is 1. The van der Waals surface area contributed by atoms with E-state index < -0.39 is 0 Å². The molecule has 1 aliphatic rings. The molecule has 0 spiro atoms. The summed E-state index contributed by atoms with van der Waals surface area (Å²) >= 11 is 1.67. The van der Waals surface area contributed by atoms with Crippen LogP contribution in [0, 0.1) is 0 Å². The van der Waals surface area contributed by atoms with Crippen molar-refractivity contribution >= 4 is 33.1 Å². The fourth-order valence-corrected chi connectivity index (χ4v) is 4.40. The second kappa shape index (κ2) is 8.82. The minimum Gasteiger partial charge on any atom is -0.326 e. The number of hydrogen-bond donors (Lipinski definition) is 1. The van der Waals surface area contributed by atoms with Crippen molar-refractivity contribution in [2.75, 3.05) is 38.5 Å². The molecule has 2 aromatic carbocycles. The molecule has 3 aromatic rings. The molecular formula is C22H26N4OS. The Morgan fingerprint density at radius 2 is 1.82 bits per heavy atom. The highest BCUT2D eigenvalue weighted by molar-refractivity contribution is 7.18. The average molecular weight is 395 g/mol. The summed E-state index contributed by atoms with van der Waals surface area (Å²) in [6.45, 7) is 5.45. The summed E-state index contributed by atoms with van der Waals surface area (Å²) in [5, 5.41) is 4.01. The first-order valence-corrected chi connectivity index (χ1v) is 10.6. The predicted molar refractivity (Wildman–Crippen MR) is 116 cm³/mol. The van der Waals surface area contributed by atoms with Gasteiger partial charge in [-0.15, -0.1) is 11.3 Å². The molecule has 0 unspecified atom stereocenters. The number of thiazole rings is 1. The van der Waals surface area contributed by atoms with E-state index in [1.54, 1.807) is 11.3 Å². The standard InChI is InChI=1S/C22H26N4OS/c1-25-12-14-26(15-13-25)16-17-6-8-18(9-7-17)23-21(27)10-11-22-24-19-4-2-3-5-20(19)28-22/h2-9H,10-16H2,1H3,(H,23,27). The molecule has 0 radical (unpaired) electrons. The fraction of sp³-hybridized carbons (Fsp3) is 0.364. The molecule has 1 saturated heterocycles. The SMILES string of the molecule is CN1CCN(Cc2ccc(NC(=O)CCc3nc4ccccc4s3)cc2)CC1. The Hall–Kier alpha value is -2.28. The monoisotopic (exact) mass is 394 g/mol. The Labute approximate surface area is 170 Å². The number of amides is 1. The van der Waals surface area contributed by atoms with Gasteiger partial charge < -0.3 is 10.2 Å². The van der Waals surface area contributed by atoms with Gasteiger partial charge in [0, 0.05) is 51.3 Å². The van der Waals surface area contributed by atoms with Crippen molar-refractivity contribution in [3.63, 3.8) is 0 Å². The summed E-state index contributed by atoms with van der Waals surface area (Å²) in [5.74, 6) is 0.0334. The summed E-state index contributed by atoms with van der Waals surface area (Å²) in [6, 6.07) is 16.3. The third-order valence-corrected chi connectivity index (χ3v) is 6.24. The van der Waals surface area contributed by atoms with Crippen LogP contribution in [0.25, 0.3) is 10.2 Å². The van der Waals surface area contributed by atoms with E-state index in [1.165, 1.54) is 10.3 Å². The van der Waals surface area contributed by atoms with Crippen LogP contribution in [0.1, 0.15) is 17.0 Å². The molecule has 0 atom stereocenters. The lowest BCUT2D eigenvalue weighted by atomic mass is 10.1. The van der Waals surface area contributed by atoms with E-state index in [9.17, 15) is 4.79 Å². The van der Waals surface area contributed by atoms with Crippen LogP contribution in [0.3, 0.4) is 0 Å². The molecule has 0 saturated carbocycles. The van der Waals surface area contributed by atoms with Crippen LogP contribution in [0.2, 0.25) is 0 Å². The zero-order chi connectivity index (χ0) is 19.3. The third kappa shape index (κ3) is 4.95. The summed E-state index contributed by atoms with van der Waals surface area (Å²) in [4.78, 5) is 21.7. The second-order valence-electron chi connectivity index (χ2n) is 7.40. The first kappa shape index (κ1) is 19.1. The average Bonchev–Trinajstić information content (AvgIpc) is 3.13. The van der Waals surface area contributed by atoms with Crippen LogP contribution in [0.15, 0.2) is 48.5 Å². The van der Waals surface area contributed by atoms with Gasteiger partial charge in [0.15, 0.2) is 0 Å². The van der Waals surface area contributed by atoms with Crippen molar-refractivity contribution in [3.8, 4) is 0 Å². The molecule has 5 nitrogen and oxygen atoms in total. The number of piperazine rings is 1.